The van der Waals surface area contributed by atoms with Gasteiger partial charge in [-0.1, -0.05) is 0 Å². The van der Waals surface area contributed by atoms with E-state index in [-0.39, 0.29) is 5.69 Å². The number of carbonyl (C=O) groups is 1. The molecule has 0 saturated carbocycles. The molecule has 1 aromatic rings. The van der Waals surface area contributed by atoms with Gasteiger partial charge in [0.05, 0.1) is 4.92 Å². The summed E-state index contributed by atoms with van der Waals surface area (Å²) in [4.78, 5) is 19.9. The maximum absolute atomic E-state index is 12.6. The molecule has 0 aliphatic heterocycles. The molecule has 9 heteroatoms. The van der Waals surface area contributed by atoms with Gasteiger partial charge in [-0.2, -0.15) is 5.10 Å². The molecule has 0 atom stereocenters. The molecule has 88 valence electrons. The summed E-state index contributed by atoms with van der Waals surface area (Å²) in [5, 5.41) is 22.4. The van der Waals surface area contributed by atoms with Crippen LogP contribution < -0.4 is 0 Å². The summed E-state index contributed by atoms with van der Waals surface area (Å²) in [7, 11) is 0. The number of carboxylic acids is 1. The summed E-state index contributed by atoms with van der Waals surface area (Å²) in [5.74, 6) is -1.40. The number of carboxylic acid groups (broad SMARTS) is 1. The summed E-state index contributed by atoms with van der Waals surface area (Å²) in [6.45, 7) is 0.330. The molecule has 0 amide bonds. The van der Waals surface area contributed by atoms with Gasteiger partial charge in [0.15, 0.2) is 5.69 Å². The van der Waals surface area contributed by atoms with Crippen LogP contribution in [-0.2, 0) is 11.3 Å². The summed E-state index contributed by atoms with van der Waals surface area (Å²) in [5.41, 5.74) is -2.05. The Kier molecular flexibility index (Phi) is 3.16. The van der Waals surface area contributed by atoms with Crippen molar-refractivity contribution in [2.75, 3.05) is 0 Å². The van der Waals surface area contributed by atoms with E-state index in [1.807, 2.05) is 0 Å². The fraction of sp³-hybridized carbons (Fsp3) is 0.429. The first-order valence-corrected chi connectivity index (χ1v) is 4.06. The van der Waals surface area contributed by atoms with E-state index < -0.39 is 35.2 Å². The smallest absolute Gasteiger partial charge is 0.325 e. The second-order valence-electron chi connectivity index (χ2n) is 2.93. The lowest BCUT2D eigenvalue weighted by Gasteiger charge is -2.02. The number of alkyl halides is 2. The van der Waals surface area contributed by atoms with Gasteiger partial charge in [0.1, 0.15) is 12.2 Å². The van der Waals surface area contributed by atoms with Crippen LogP contribution in [0, 0.1) is 17.0 Å². The van der Waals surface area contributed by atoms with E-state index in [1.165, 1.54) is 6.92 Å². The Balaban J connectivity index is 3.34. The molecule has 0 aromatic carbocycles. The van der Waals surface area contributed by atoms with E-state index in [9.17, 15) is 23.7 Å². The van der Waals surface area contributed by atoms with Crippen LogP contribution in [0.5, 0.6) is 0 Å². The van der Waals surface area contributed by atoms with Gasteiger partial charge in [0.2, 0.25) is 0 Å². The molecule has 0 aliphatic rings. The summed E-state index contributed by atoms with van der Waals surface area (Å²) in [6, 6.07) is 0. The Morgan fingerprint density at radius 2 is 2.25 bits per heavy atom. The lowest BCUT2D eigenvalue weighted by atomic mass is 10.3. The highest BCUT2D eigenvalue weighted by molar-refractivity contribution is 5.66. The third-order valence-corrected chi connectivity index (χ3v) is 1.81. The van der Waals surface area contributed by atoms with Crippen LogP contribution in [0.3, 0.4) is 0 Å². The largest absolute Gasteiger partial charge is 0.480 e. The molecular formula is C7H7F2N3O4. The quantitative estimate of drug-likeness (QED) is 0.622. The van der Waals surface area contributed by atoms with Crippen molar-refractivity contribution in [3.05, 3.63) is 21.5 Å². The Morgan fingerprint density at radius 1 is 1.69 bits per heavy atom. The molecule has 1 heterocycles. The van der Waals surface area contributed by atoms with Gasteiger partial charge >= 0.3 is 11.7 Å². The molecule has 16 heavy (non-hydrogen) atoms. The van der Waals surface area contributed by atoms with E-state index in [0.29, 0.717) is 4.68 Å². The maximum atomic E-state index is 12.6. The van der Waals surface area contributed by atoms with E-state index in [2.05, 4.69) is 5.10 Å². The Hall–Kier alpha value is -2.06. The summed E-state index contributed by atoms with van der Waals surface area (Å²) < 4.78 is 25.5. The normalized spacial score (nSPS) is 10.8. The second kappa shape index (κ2) is 4.21. The Labute approximate surface area is 87.4 Å². The Morgan fingerprint density at radius 3 is 2.62 bits per heavy atom. The van der Waals surface area contributed by atoms with Crippen molar-refractivity contribution in [1.29, 1.82) is 0 Å². The minimum atomic E-state index is -3.15. The van der Waals surface area contributed by atoms with Crippen LogP contribution in [0.4, 0.5) is 14.5 Å². The summed E-state index contributed by atoms with van der Waals surface area (Å²) >= 11 is 0. The molecule has 7 nitrogen and oxygen atoms in total. The van der Waals surface area contributed by atoms with Crippen LogP contribution in [-0.4, -0.2) is 25.8 Å². The minimum Gasteiger partial charge on any atom is -0.480 e. The first-order chi connectivity index (χ1) is 7.34. The molecule has 0 bridgehead atoms. The van der Waals surface area contributed by atoms with Crippen LogP contribution in [0.1, 0.15) is 17.8 Å². The fourth-order valence-corrected chi connectivity index (χ4v) is 1.28. The van der Waals surface area contributed by atoms with Crippen molar-refractivity contribution in [2.45, 2.75) is 19.9 Å². The topological polar surface area (TPSA) is 98.3 Å². The number of aromatic nitrogens is 2. The van der Waals surface area contributed by atoms with Crippen molar-refractivity contribution in [1.82, 2.24) is 9.78 Å². The van der Waals surface area contributed by atoms with E-state index in [0.717, 1.165) is 0 Å². The molecule has 0 aliphatic carbocycles. The third kappa shape index (κ3) is 2.12. The SMILES string of the molecule is Cc1nn(CC(=O)O)c(C(F)F)c1[N+](=O)[O-]. The van der Waals surface area contributed by atoms with E-state index >= 15 is 0 Å². The molecule has 0 radical (unpaired) electrons. The van der Waals surface area contributed by atoms with Crippen LogP contribution in [0.25, 0.3) is 0 Å². The minimum absolute atomic E-state index is 0.235. The molecule has 0 unspecified atom stereocenters. The molecular weight excluding hydrogens is 228 g/mol. The van der Waals surface area contributed by atoms with Gasteiger partial charge in [0.25, 0.3) is 6.43 Å². The van der Waals surface area contributed by atoms with Crippen molar-refractivity contribution in [2.24, 2.45) is 0 Å². The number of aliphatic carboxylic acids is 1. The zero-order chi connectivity index (χ0) is 12.5. The molecule has 1 aromatic heterocycles. The van der Waals surface area contributed by atoms with Gasteiger partial charge in [-0.25, -0.2) is 13.5 Å². The first-order valence-electron chi connectivity index (χ1n) is 4.06. The highest BCUT2D eigenvalue weighted by Gasteiger charge is 2.31. The molecule has 0 fully saturated rings. The zero-order valence-electron chi connectivity index (χ0n) is 8.05. The zero-order valence-corrected chi connectivity index (χ0v) is 8.05. The number of aryl methyl sites for hydroxylation is 1. The van der Waals surface area contributed by atoms with Gasteiger partial charge in [0, 0.05) is 0 Å². The highest BCUT2D eigenvalue weighted by Crippen LogP contribution is 2.31. The molecule has 1 N–H and O–H groups in total. The van der Waals surface area contributed by atoms with Crippen molar-refractivity contribution in [3.63, 3.8) is 0 Å². The van der Waals surface area contributed by atoms with E-state index in [4.69, 9.17) is 5.11 Å². The fourth-order valence-electron chi connectivity index (χ4n) is 1.28. The monoisotopic (exact) mass is 235 g/mol. The standard InChI is InChI=1S/C7H7F2N3O4/c1-3-5(12(15)16)6(7(8)9)11(10-3)2-4(13)14/h7H,2H2,1H3,(H,13,14). The predicted octanol–water partition coefficient (Wildman–Crippen LogP) is 1.12. The number of rotatable bonds is 4. The van der Waals surface area contributed by atoms with Crippen molar-refractivity contribution in [3.8, 4) is 0 Å². The first kappa shape index (κ1) is 12.0. The van der Waals surface area contributed by atoms with Crippen LogP contribution in [0.2, 0.25) is 0 Å². The average molecular weight is 235 g/mol. The lowest BCUT2D eigenvalue weighted by Crippen LogP contribution is -2.13. The Bertz CT molecular complexity index is 443. The number of halogens is 2. The number of nitro groups is 1. The van der Waals surface area contributed by atoms with Gasteiger partial charge in [-0.15, -0.1) is 0 Å². The van der Waals surface area contributed by atoms with Crippen LogP contribution in [0.15, 0.2) is 0 Å². The number of hydrogen-bond donors (Lipinski definition) is 1. The van der Waals surface area contributed by atoms with Gasteiger partial charge in [-0.3, -0.25) is 14.9 Å². The molecule has 0 spiro atoms. The predicted molar refractivity (Wildman–Crippen MR) is 46.2 cm³/mol. The van der Waals surface area contributed by atoms with E-state index in [1.54, 1.807) is 0 Å². The molecule has 1 rings (SSSR count). The maximum Gasteiger partial charge on any atom is 0.325 e. The third-order valence-electron chi connectivity index (χ3n) is 1.81. The molecule has 0 saturated heterocycles. The highest BCUT2D eigenvalue weighted by atomic mass is 19.3. The van der Waals surface area contributed by atoms with Gasteiger partial charge < -0.3 is 5.11 Å². The lowest BCUT2D eigenvalue weighted by molar-refractivity contribution is -0.387. The second-order valence-corrected chi connectivity index (χ2v) is 2.93. The van der Waals surface area contributed by atoms with Crippen molar-refractivity contribution >= 4 is 11.7 Å². The number of nitrogens with zero attached hydrogens (tertiary/aromatic N) is 3. The van der Waals surface area contributed by atoms with Crippen LogP contribution >= 0.6 is 0 Å². The average Bonchev–Trinajstić information content (AvgIpc) is 2.40. The number of hydrogen-bond acceptors (Lipinski definition) is 4. The van der Waals surface area contributed by atoms with Gasteiger partial charge in [-0.05, 0) is 6.92 Å². The summed E-state index contributed by atoms with van der Waals surface area (Å²) in [6.07, 6.45) is -3.15. The van der Waals surface area contributed by atoms with Crippen molar-refractivity contribution < 1.29 is 23.6 Å².